The first-order valence-electron chi connectivity index (χ1n) is 10.5. The Kier molecular flexibility index (Phi) is 8.81. The summed E-state index contributed by atoms with van der Waals surface area (Å²) < 4.78 is 11.3. The van der Waals surface area contributed by atoms with Gasteiger partial charge in [-0.1, -0.05) is 48.6 Å². The number of aliphatic hydroxyl groups is 3. The van der Waals surface area contributed by atoms with Crippen LogP contribution < -0.4 is 4.74 Å². The highest BCUT2D eigenvalue weighted by molar-refractivity contribution is 7.19. The smallest absolute Gasteiger partial charge is 0.305 e. The Morgan fingerprint density at radius 3 is 2.53 bits per heavy atom. The van der Waals surface area contributed by atoms with Crippen LogP contribution in [0, 0.1) is 0 Å². The third kappa shape index (κ3) is 6.40. The molecule has 3 aromatic rings. The number of fused-ring (bicyclic) bond motifs is 1. The first-order valence-corrected chi connectivity index (χ1v) is 11.3. The van der Waals surface area contributed by atoms with Gasteiger partial charge in [0.15, 0.2) is 0 Å². The minimum Gasteiger partial charge on any atom is -0.490 e. The van der Waals surface area contributed by atoms with Crippen LogP contribution in [0.3, 0.4) is 0 Å². The number of ether oxygens (including phenoxy) is 2. The molecule has 32 heavy (non-hydrogen) atoms. The average molecular weight is 457 g/mol. The molecule has 1 aromatic heterocycles. The van der Waals surface area contributed by atoms with Gasteiger partial charge in [0, 0.05) is 21.4 Å². The fourth-order valence-corrected chi connectivity index (χ4v) is 4.49. The highest BCUT2D eigenvalue weighted by Crippen LogP contribution is 2.36. The highest BCUT2D eigenvalue weighted by atomic mass is 32.1. The van der Waals surface area contributed by atoms with Gasteiger partial charge in [-0.2, -0.15) is 0 Å². The van der Waals surface area contributed by atoms with E-state index < -0.39 is 18.3 Å². The Bertz CT molecular complexity index is 1030. The molecule has 2 aromatic carbocycles. The molecule has 3 N–H and O–H groups in total. The van der Waals surface area contributed by atoms with Gasteiger partial charge in [0.25, 0.3) is 0 Å². The third-order valence-corrected chi connectivity index (χ3v) is 6.37. The number of aliphatic hydroxyl groups excluding tert-OH is 3. The van der Waals surface area contributed by atoms with Crippen molar-refractivity contribution in [1.29, 1.82) is 0 Å². The van der Waals surface area contributed by atoms with E-state index in [1.807, 2.05) is 54.6 Å². The van der Waals surface area contributed by atoms with Gasteiger partial charge in [-0.15, -0.1) is 11.3 Å². The molecule has 0 fully saturated rings. The van der Waals surface area contributed by atoms with E-state index in [4.69, 9.17) is 4.74 Å². The van der Waals surface area contributed by atoms with Gasteiger partial charge < -0.3 is 24.8 Å². The van der Waals surface area contributed by atoms with Gasteiger partial charge in [-0.25, -0.2) is 0 Å². The van der Waals surface area contributed by atoms with Crippen molar-refractivity contribution in [2.45, 2.75) is 37.6 Å². The number of carbonyl (C=O) groups excluding carboxylic acids is 1. The van der Waals surface area contributed by atoms with Crippen LogP contribution in [-0.2, 0) is 9.53 Å². The standard InChI is InChI=1S/C25H28O6S/c1-30-24(29)13-7-11-20(26)21(27)15-14-19-18-10-5-6-12-23(18)32-25(19)22(28)16-31-17-8-3-2-4-9-17/h2-6,8-10,12,14-15,20-22,26-28H,7,11,13,16H2,1H3/b15-14+/t20-,21+,22+/m0/s1. The van der Waals surface area contributed by atoms with Crippen molar-refractivity contribution in [3.8, 4) is 5.75 Å². The summed E-state index contributed by atoms with van der Waals surface area (Å²) in [7, 11) is 1.32. The molecule has 0 radical (unpaired) electrons. The van der Waals surface area contributed by atoms with Gasteiger partial charge in [0.1, 0.15) is 18.5 Å². The van der Waals surface area contributed by atoms with E-state index in [0.29, 0.717) is 12.2 Å². The first kappa shape index (κ1) is 23.9. The number of benzene rings is 2. The Labute approximate surface area is 191 Å². The zero-order valence-corrected chi connectivity index (χ0v) is 18.7. The minimum absolute atomic E-state index is 0.0936. The van der Waals surface area contributed by atoms with Crippen molar-refractivity contribution in [2.24, 2.45) is 0 Å². The summed E-state index contributed by atoms with van der Waals surface area (Å²) >= 11 is 1.47. The molecule has 170 valence electrons. The van der Waals surface area contributed by atoms with Crippen molar-refractivity contribution >= 4 is 33.5 Å². The fourth-order valence-electron chi connectivity index (χ4n) is 3.32. The molecule has 3 rings (SSSR count). The highest BCUT2D eigenvalue weighted by Gasteiger charge is 2.19. The predicted molar refractivity (Wildman–Crippen MR) is 126 cm³/mol. The molecule has 0 saturated heterocycles. The van der Waals surface area contributed by atoms with E-state index in [9.17, 15) is 20.1 Å². The summed E-state index contributed by atoms with van der Waals surface area (Å²) in [6, 6.07) is 17.1. The summed E-state index contributed by atoms with van der Waals surface area (Å²) in [6.45, 7) is 0.0936. The number of rotatable bonds is 11. The topological polar surface area (TPSA) is 96.2 Å². The number of hydrogen-bond donors (Lipinski definition) is 3. The molecule has 3 atom stereocenters. The maximum Gasteiger partial charge on any atom is 0.305 e. The number of para-hydroxylation sites is 1. The molecule has 0 unspecified atom stereocenters. The lowest BCUT2D eigenvalue weighted by Crippen LogP contribution is -2.23. The van der Waals surface area contributed by atoms with Crippen molar-refractivity contribution < 1.29 is 29.6 Å². The first-order chi connectivity index (χ1) is 15.5. The van der Waals surface area contributed by atoms with Crippen LogP contribution in [-0.4, -0.2) is 47.2 Å². The molecule has 1 heterocycles. The van der Waals surface area contributed by atoms with Crippen LogP contribution in [0.4, 0.5) is 0 Å². The Morgan fingerprint density at radius 2 is 1.78 bits per heavy atom. The molecule has 0 amide bonds. The Morgan fingerprint density at radius 1 is 1.06 bits per heavy atom. The van der Waals surface area contributed by atoms with Gasteiger partial charge >= 0.3 is 5.97 Å². The normalized spacial score (nSPS) is 14.4. The maximum atomic E-state index is 11.2. The molecular formula is C25H28O6S. The van der Waals surface area contributed by atoms with Crippen LogP contribution in [0.5, 0.6) is 5.75 Å². The van der Waals surface area contributed by atoms with Gasteiger partial charge in [-0.05, 0) is 36.6 Å². The number of thiophene rings is 1. The van der Waals surface area contributed by atoms with E-state index in [-0.39, 0.29) is 25.4 Å². The monoisotopic (exact) mass is 456 g/mol. The lowest BCUT2D eigenvalue weighted by atomic mass is 10.0. The fraction of sp³-hybridized carbons (Fsp3) is 0.320. The number of esters is 1. The lowest BCUT2D eigenvalue weighted by molar-refractivity contribution is -0.140. The lowest BCUT2D eigenvalue weighted by Gasteiger charge is -2.15. The summed E-state index contributed by atoms with van der Waals surface area (Å²) in [5.74, 6) is 0.332. The van der Waals surface area contributed by atoms with Crippen LogP contribution >= 0.6 is 11.3 Å². The third-order valence-electron chi connectivity index (χ3n) is 5.08. The SMILES string of the molecule is COC(=O)CCC[C@H](O)[C@H](O)/C=C/c1c([C@H](O)COc2ccccc2)sc2ccccc12. The second-order valence-corrected chi connectivity index (χ2v) is 8.49. The molecule has 0 saturated carbocycles. The van der Waals surface area contributed by atoms with E-state index >= 15 is 0 Å². The van der Waals surface area contributed by atoms with Crippen molar-refractivity contribution in [2.75, 3.05) is 13.7 Å². The number of methoxy groups -OCH3 is 1. The van der Waals surface area contributed by atoms with Crippen LogP contribution in [0.25, 0.3) is 16.2 Å². The van der Waals surface area contributed by atoms with Crippen molar-refractivity contribution in [1.82, 2.24) is 0 Å². The van der Waals surface area contributed by atoms with Crippen LogP contribution in [0.15, 0.2) is 60.7 Å². The average Bonchev–Trinajstić information content (AvgIpc) is 3.20. The molecule has 0 aliphatic rings. The molecule has 0 bridgehead atoms. The summed E-state index contributed by atoms with van der Waals surface area (Å²) in [6.07, 6.45) is 1.17. The molecule has 6 nitrogen and oxygen atoms in total. The molecule has 0 spiro atoms. The maximum absolute atomic E-state index is 11.2. The van der Waals surface area contributed by atoms with Gasteiger partial charge in [-0.3, -0.25) is 4.79 Å². The quantitative estimate of drug-likeness (QED) is 0.376. The van der Waals surface area contributed by atoms with E-state index in [1.165, 1.54) is 24.5 Å². The number of hydrogen-bond acceptors (Lipinski definition) is 7. The zero-order chi connectivity index (χ0) is 22.9. The predicted octanol–water partition coefficient (Wildman–Crippen LogP) is 4.09. The minimum atomic E-state index is -1.10. The second kappa shape index (κ2) is 11.8. The molecule has 0 aliphatic carbocycles. The summed E-state index contributed by atoms with van der Waals surface area (Å²) in [5, 5.41) is 32.3. The summed E-state index contributed by atoms with van der Waals surface area (Å²) in [4.78, 5) is 11.9. The van der Waals surface area contributed by atoms with E-state index in [0.717, 1.165) is 20.5 Å². The largest absolute Gasteiger partial charge is 0.490 e. The molecule has 7 heteroatoms. The molecular weight excluding hydrogens is 428 g/mol. The van der Waals surface area contributed by atoms with Crippen molar-refractivity contribution in [3.05, 3.63) is 71.1 Å². The number of carbonyl (C=O) groups is 1. The van der Waals surface area contributed by atoms with E-state index in [2.05, 4.69) is 4.74 Å². The van der Waals surface area contributed by atoms with Crippen LogP contribution in [0.2, 0.25) is 0 Å². The van der Waals surface area contributed by atoms with Crippen molar-refractivity contribution in [3.63, 3.8) is 0 Å². The van der Waals surface area contributed by atoms with Gasteiger partial charge in [0.2, 0.25) is 0 Å². The summed E-state index contributed by atoms with van der Waals surface area (Å²) in [5.41, 5.74) is 0.788. The second-order valence-electron chi connectivity index (χ2n) is 7.40. The van der Waals surface area contributed by atoms with E-state index in [1.54, 1.807) is 6.08 Å². The Balaban J connectivity index is 1.72. The van der Waals surface area contributed by atoms with Gasteiger partial charge in [0.05, 0.1) is 19.3 Å². The molecule has 0 aliphatic heterocycles. The van der Waals surface area contributed by atoms with Crippen LogP contribution in [0.1, 0.15) is 35.8 Å². The zero-order valence-electron chi connectivity index (χ0n) is 17.9. The Hall–Kier alpha value is -2.71.